The quantitative estimate of drug-likeness (QED) is 0.515. The van der Waals surface area contributed by atoms with E-state index in [1.165, 1.54) is 0 Å². The summed E-state index contributed by atoms with van der Waals surface area (Å²) >= 11 is 0. The fraction of sp³-hybridized carbons (Fsp3) is 0.579. The molecule has 0 saturated carbocycles. The fourth-order valence-corrected chi connectivity index (χ4v) is 2.63. The van der Waals surface area contributed by atoms with Crippen LogP contribution in [0.2, 0.25) is 19.6 Å². The van der Waals surface area contributed by atoms with E-state index in [1.807, 2.05) is 0 Å². The molecule has 1 aromatic rings. The summed E-state index contributed by atoms with van der Waals surface area (Å²) in [4.78, 5) is 0. The van der Waals surface area contributed by atoms with E-state index in [0.717, 1.165) is 16.7 Å². The van der Waals surface area contributed by atoms with Gasteiger partial charge in [-0.15, -0.1) is 5.54 Å². The summed E-state index contributed by atoms with van der Waals surface area (Å²) in [5, 5.41) is 10.7. The average molecular weight is 303 g/mol. The molecule has 0 aliphatic heterocycles. The first-order valence-electron chi connectivity index (χ1n) is 7.63. The maximum Gasteiger partial charge on any atom is 0.129 e. The number of phenols is 1. The van der Waals surface area contributed by atoms with Gasteiger partial charge in [0.15, 0.2) is 0 Å². The first kappa shape index (κ1) is 17.8. The molecule has 2 heteroatoms. The van der Waals surface area contributed by atoms with Gasteiger partial charge < -0.3 is 5.11 Å². The predicted molar refractivity (Wildman–Crippen MR) is 95.7 cm³/mol. The molecular weight excluding hydrogens is 272 g/mol. The molecule has 1 rings (SSSR count). The monoisotopic (exact) mass is 302 g/mol. The van der Waals surface area contributed by atoms with Crippen LogP contribution in [0.4, 0.5) is 0 Å². The second kappa shape index (κ2) is 5.53. The van der Waals surface area contributed by atoms with Crippen molar-refractivity contribution in [3.63, 3.8) is 0 Å². The van der Waals surface area contributed by atoms with E-state index in [4.69, 9.17) is 0 Å². The van der Waals surface area contributed by atoms with Crippen LogP contribution >= 0.6 is 0 Å². The van der Waals surface area contributed by atoms with E-state index in [-0.39, 0.29) is 10.8 Å². The lowest BCUT2D eigenvalue weighted by atomic mass is 9.78. The van der Waals surface area contributed by atoms with Crippen molar-refractivity contribution < 1.29 is 5.11 Å². The summed E-state index contributed by atoms with van der Waals surface area (Å²) in [6.45, 7) is 19.5. The molecular formula is C19H30OSi. The van der Waals surface area contributed by atoms with Gasteiger partial charge >= 0.3 is 0 Å². The van der Waals surface area contributed by atoms with Crippen LogP contribution in [0.1, 0.15) is 58.2 Å². The highest BCUT2D eigenvalue weighted by molar-refractivity contribution is 6.83. The van der Waals surface area contributed by atoms with Crippen molar-refractivity contribution in [3.8, 4) is 17.2 Å². The second-order valence-electron chi connectivity index (χ2n) is 8.92. The van der Waals surface area contributed by atoms with Crippen molar-refractivity contribution in [1.29, 1.82) is 0 Å². The van der Waals surface area contributed by atoms with Crippen molar-refractivity contribution in [2.24, 2.45) is 0 Å². The van der Waals surface area contributed by atoms with Gasteiger partial charge in [-0.1, -0.05) is 67.1 Å². The number of aromatic hydroxyl groups is 1. The number of phenolic OH excluding ortho intramolecular Hbond substituents is 1. The molecule has 0 radical (unpaired) electrons. The Morgan fingerprint density at radius 2 is 1.24 bits per heavy atom. The lowest BCUT2D eigenvalue weighted by Gasteiger charge is -2.27. The zero-order valence-electron chi connectivity index (χ0n) is 15.1. The minimum absolute atomic E-state index is 0.0963. The lowest BCUT2D eigenvalue weighted by Crippen LogP contribution is -2.18. The Hall–Kier alpha value is -1.20. The second-order valence-corrected chi connectivity index (χ2v) is 13.7. The molecule has 0 saturated heterocycles. The highest BCUT2D eigenvalue weighted by atomic mass is 28.3. The van der Waals surface area contributed by atoms with E-state index in [9.17, 15) is 5.11 Å². The van der Waals surface area contributed by atoms with E-state index < -0.39 is 8.07 Å². The molecule has 1 N–H and O–H groups in total. The number of hydrogen-bond donors (Lipinski definition) is 1. The van der Waals surface area contributed by atoms with Gasteiger partial charge in [0.2, 0.25) is 0 Å². The van der Waals surface area contributed by atoms with Gasteiger partial charge in [-0.2, -0.15) is 0 Å². The summed E-state index contributed by atoms with van der Waals surface area (Å²) in [6.07, 6.45) is 0. The van der Waals surface area contributed by atoms with Crippen LogP contribution in [0, 0.1) is 11.5 Å². The maximum atomic E-state index is 10.7. The molecule has 21 heavy (non-hydrogen) atoms. The summed E-state index contributed by atoms with van der Waals surface area (Å²) in [5.41, 5.74) is 6.21. The van der Waals surface area contributed by atoms with Crippen LogP contribution in [-0.2, 0) is 10.8 Å². The molecule has 0 heterocycles. The van der Waals surface area contributed by atoms with Gasteiger partial charge in [0.25, 0.3) is 0 Å². The molecule has 0 unspecified atom stereocenters. The Labute approximate surface area is 131 Å². The van der Waals surface area contributed by atoms with Gasteiger partial charge in [0.05, 0.1) is 0 Å². The standard InChI is InChI=1S/C19H30OSi/c1-18(2,3)15-12-14(10-11-21(7,8)9)13-16(17(15)20)19(4,5)6/h12-13,20H,1-9H3. The summed E-state index contributed by atoms with van der Waals surface area (Å²) < 4.78 is 0. The van der Waals surface area contributed by atoms with Crippen LogP contribution in [-0.4, -0.2) is 13.2 Å². The molecule has 0 amide bonds. The van der Waals surface area contributed by atoms with E-state index in [1.54, 1.807) is 0 Å². The Bertz CT molecular complexity index is 546. The highest BCUT2D eigenvalue weighted by Gasteiger charge is 2.26. The molecule has 0 aliphatic rings. The lowest BCUT2D eigenvalue weighted by molar-refractivity contribution is 0.423. The topological polar surface area (TPSA) is 20.2 Å². The van der Waals surface area contributed by atoms with Gasteiger partial charge in [0.1, 0.15) is 13.8 Å². The molecule has 0 bridgehead atoms. The SMILES string of the molecule is CC(C)(C)c1cc(C#C[Si](C)(C)C)cc(C(C)(C)C)c1O. The minimum atomic E-state index is -1.40. The number of rotatable bonds is 0. The van der Waals surface area contributed by atoms with Crippen molar-refractivity contribution in [3.05, 3.63) is 28.8 Å². The van der Waals surface area contributed by atoms with Crippen molar-refractivity contribution >= 4 is 8.07 Å². The Morgan fingerprint density at radius 1 is 0.857 bits per heavy atom. The van der Waals surface area contributed by atoms with E-state index in [0.29, 0.717) is 5.75 Å². The summed E-state index contributed by atoms with van der Waals surface area (Å²) in [7, 11) is -1.40. The first-order valence-corrected chi connectivity index (χ1v) is 11.1. The molecule has 116 valence electrons. The average Bonchev–Trinajstić information content (AvgIpc) is 2.23. The third kappa shape index (κ3) is 4.93. The smallest absolute Gasteiger partial charge is 0.129 e. The predicted octanol–water partition coefficient (Wildman–Crippen LogP) is 5.22. The van der Waals surface area contributed by atoms with Crippen LogP contribution in [0.3, 0.4) is 0 Å². The molecule has 0 fully saturated rings. The van der Waals surface area contributed by atoms with Crippen LogP contribution in [0.25, 0.3) is 0 Å². The third-order valence-corrected chi connectivity index (χ3v) is 4.18. The minimum Gasteiger partial charge on any atom is -0.507 e. The Kier molecular flexibility index (Phi) is 4.70. The zero-order valence-corrected chi connectivity index (χ0v) is 16.1. The Morgan fingerprint density at radius 3 is 1.52 bits per heavy atom. The molecule has 1 aromatic carbocycles. The Balaban J connectivity index is 3.58. The summed E-state index contributed by atoms with van der Waals surface area (Å²) in [6, 6.07) is 4.11. The molecule has 0 atom stereocenters. The van der Waals surface area contributed by atoms with Crippen molar-refractivity contribution in [1.82, 2.24) is 0 Å². The number of hydrogen-bond acceptors (Lipinski definition) is 1. The van der Waals surface area contributed by atoms with Crippen LogP contribution < -0.4 is 0 Å². The molecule has 0 aromatic heterocycles. The van der Waals surface area contributed by atoms with Gasteiger partial charge in [-0.3, -0.25) is 0 Å². The third-order valence-electron chi connectivity index (χ3n) is 3.31. The van der Waals surface area contributed by atoms with Gasteiger partial charge in [0, 0.05) is 16.7 Å². The maximum absolute atomic E-state index is 10.7. The van der Waals surface area contributed by atoms with E-state index in [2.05, 4.69) is 84.8 Å². The normalized spacial score (nSPS) is 12.8. The molecule has 0 spiro atoms. The zero-order chi connectivity index (χ0) is 16.6. The first-order chi connectivity index (χ1) is 9.22. The molecule has 1 nitrogen and oxygen atoms in total. The number of benzene rings is 1. The van der Waals surface area contributed by atoms with Crippen LogP contribution in [0.5, 0.6) is 5.75 Å². The van der Waals surface area contributed by atoms with Gasteiger partial charge in [-0.25, -0.2) is 0 Å². The van der Waals surface area contributed by atoms with Crippen molar-refractivity contribution in [2.75, 3.05) is 0 Å². The van der Waals surface area contributed by atoms with E-state index >= 15 is 0 Å². The highest BCUT2D eigenvalue weighted by Crippen LogP contribution is 2.39. The van der Waals surface area contributed by atoms with Gasteiger partial charge in [-0.05, 0) is 23.0 Å². The van der Waals surface area contributed by atoms with Crippen LogP contribution in [0.15, 0.2) is 12.1 Å². The largest absolute Gasteiger partial charge is 0.507 e. The fourth-order valence-electron chi connectivity index (χ4n) is 2.11. The summed E-state index contributed by atoms with van der Waals surface area (Å²) in [5.74, 6) is 3.76. The van der Waals surface area contributed by atoms with Crippen molar-refractivity contribution in [2.45, 2.75) is 72.0 Å². The molecule has 0 aliphatic carbocycles.